The highest BCUT2D eigenvalue weighted by atomic mass is 16.4. The molecule has 1 unspecified atom stereocenters. The molecule has 0 bridgehead atoms. The number of carboxylic acids is 1. The summed E-state index contributed by atoms with van der Waals surface area (Å²) in [5, 5.41) is 13.8. The largest absolute Gasteiger partial charge is 0.481 e. The quantitative estimate of drug-likeness (QED) is 0.821. The normalized spacial score (nSPS) is 12.1. The fraction of sp³-hybridized carbons (Fsp3) is 0.250. The third kappa shape index (κ3) is 2.96. The Labute approximate surface area is 117 Å². The maximum Gasteiger partial charge on any atom is 0.316 e. The van der Waals surface area contributed by atoms with E-state index in [1.165, 1.54) is 0 Å². The van der Waals surface area contributed by atoms with Gasteiger partial charge in [-0.25, -0.2) is 0 Å². The first-order chi connectivity index (χ1) is 9.63. The smallest absolute Gasteiger partial charge is 0.316 e. The van der Waals surface area contributed by atoms with E-state index < -0.39 is 17.8 Å². The molecule has 2 N–H and O–H groups in total. The van der Waals surface area contributed by atoms with Crippen LogP contribution in [0.5, 0.6) is 0 Å². The van der Waals surface area contributed by atoms with Crippen molar-refractivity contribution in [2.75, 3.05) is 0 Å². The summed E-state index contributed by atoms with van der Waals surface area (Å²) in [7, 11) is 0. The predicted octanol–water partition coefficient (Wildman–Crippen LogP) is 2.57. The van der Waals surface area contributed by atoms with Crippen LogP contribution in [0.3, 0.4) is 0 Å². The minimum absolute atomic E-state index is 0.288. The molecule has 0 radical (unpaired) electrons. The van der Waals surface area contributed by atoms with Gasteiger partial charge in [-0.15, -0.1) is 0 Å². The third-order valence-corrected chi connectivity index (χ3v) is 3.36. The highest BCUT2D eigenvalue weighted by molar-refractivity contribution is 5.97. The Morgan fingerprint density at radius 2 is 1.85 bits per heavy atom. The van der Waals surface area contributed by atoms with E-state index in [4.69, 9.17) is 5.11 Å². The number of carbonyl (C=O) groups is 2. The molecular formula is C16H17NO3. The summed E-state index contributed by atoms with van der Waals surface area (Å²) in [5.41, 5.74) is 0.983. The Kier molecular flexibility index (Phi) is 4.35. The molecule has 0 aliphatic heterocycles. The van der Waals surface area contributed by atoms with Gasteiger partial charge < -0.3 is 10.4 Å². The van der Waals surface area contributed by atoms with Crippen molar-refractivity contribution in [3.8, 4) is 0 Å². The monoisotopic (exact) mass is 271 g/mol. The lowest BCUT2D eigenvalue weighted by atomic mass is 10.0. The molecule has 2 rings (SSSR count). The number of hydrogen-bond acceptors (Lipinski definition) is 2. The number of nitrogens with one attached hydrogen (secondary N) is 1. The molecule has 104 valence electrons. The average molecular weight is 271 g/mol. The predicted molar refractivity (Wildman–Crippen MR) is 77.2 cm³/mol. The molecule has 0 spiro atoms. The minimum Gasteiger partial charge on any atom is -0.481 e. The standard InChI is InChI=1S/C16H17NO3/c1-2-13(16(19)20)15(18)17-10-12-8-5-7-11-6-3-4-9-14(11)12/h3-9,13H,2,10H2,1H3,(H,17,18)(H,19,20). The van der Waals surface area contributed by atoms with Gasteiger partial charge in [0.25, 0.3) is 0 Å². The molecule has 2 aromatic carbocycles. The number of aliphatic carboxylic acids is 1. The molecule has 1 atom stereocenters. The first-order valence-corrected chi connectivity index (χ1v) is 6.60. The molecule has 0 aliphatic carbocycles. The molecule has 20 heavy (non-hydrogen) atoms. The van der Waals surface area contributed by atoms with Crippen LogP contribution in [-0.2, 0) is 16.1 Å². The number of rotatable bonds is 5. The highest BCUT2D eigenvalue weighted by Crippen LogP contribution is 2.18. The lowest BCUT2D eigenvalue weighted by Crippen LogP contribution is -2.34. The second kappa shape index (κ2) is 6.19. The molecule has 4 heteroatoms. The Bertz CT molecular complexity index is 631. The van der Waals surface area contributed by atoms with Gasteiger partial charge in [-0.3, -0.25) is 9.59 Å². The molecule has 2 aromatic rings. The summed E-state index contributed by atoms with van der Waals surface area (Å²) < 4.78 is 0. The van der Waals surface area contributed by atoms with E-state index in [-0.39, 0.29) is 6.42 Å². The summed E-state index contributed by atoms with van der Waals surface area (Å²) in [6.45, 7) is 2.03. The van der Waals surface area contributed by atoms with Crippen LogP contribution in [-0.4, -0.2) is 17.0 Å². The number of hydrogen-bond donors (Lipinski definition) is 2. The van der Waals surface area contributed by atoms with Crippen LogP contribution >= 0.6 is 0 Å². The zero-order chi connectivity index (χ0) is 14.5. The number of fused-ring (bicyclic) bond motifs is 1. The van der Waals surface area contributed by atoms with Crippen LogP contribution in [0.1, 0.15) is 18.9 Å². The van der Waals surface area contributed by atoms with Crippen molar-refractivity contribution in [3.05, 3.63) is 48.0 Å². The Morgan fingerprint density at radius 3 is 2.55 bits per heavy atom. The number of amides is 1. The van der Waals surface area contributed by atoms with E-state index in [2.05, 4.69) is 5.32 Å². The average Bonchev–Trinajstić information content (AvgIpc) is 2.45. The molecule has 1 amide bonds. The van der Waals surface area contributed by atoms with Crippen molar-refractivity contribution < 1.29 is 14.7 Å². The van der Waals surface area contributed by atoms with Gasteiger partial charge in [0.1, 0.15) is 5.92 Å². The lowest BCUT2D eigenvalue weighted by Gasteiger charge is -2.12. The third-order valence-electron chi connectivity index (χ3n) is 3.36. The fourth-order valence-corrected chi connectivity index (χ4v) is 2.22. The summed E-state index contributed by atoms with van der Waals surface area (Å²) in [4.78, 5) is 22.8. The van der Waals surface area contributed by atoms with Crippen molar-refractivity contribution in [2.45, 2.75) is 19.9 Å². The first-order valence-electron chi connectivity index (χ1n) is 6.60. The minimum atomic E-state index is -1.08. The zero-order valence-electron chi connectivity index (χ0n) is 11.3. The Hall–Kier alpha value is -2.36. The number of benzene rings is 2. The van der Waals surface area contributed by atoms with Crippen LogP contribution in [0, 0.1) is 5.92 Å². The van der Waals surface area contributed by atoms with Gasteiger partial charge in [-0.05, 0) is 22.8 Å². The van der Waals surface area contributed by atoms with Crippen LogP contribution in [0.2, 0.25) is 0 Å². The topological polar surface area (TPSA) is 66.4 Å². The van der Waals surface area contributed by atoms with Crippen LogP contribution in [0.25, 0.3) is 10.8 Å². The van der Waals surface area contributed by atoms with Gasteiger partial charge in [-0.2, -0.15) is 0 Å². The van der Waals surface area contributed by atoms with Crippen LogP contribution in [0.4, 0.5) is 0 Å². The van der Waals surface area contributed by atoms with Crippen molar-refractivity contribution in [3.63, 3.8) is 0 Å². The second-order valence-corrected chi connectivity index (χ2v) is 4.66. The summed E-state index contributed by atoms with van der Waals surface area (Å²) in [6.07, 6.45) is 0.288. The summed E-state index contributed by atoms with van der Waals surface area (Å²) in [6, 6.07) is 13.8. The number of carbonyl (C=O) groups excluding carboxylic acids is 1. The van der Waals surface area contributed by atoms with E-state index in [0.717, 1.165) is 16.3 Å². The summed E-state index contributed by atoms with van der Waals surface area (Å²) in [5.74, 6) is -2.50. The Morgan fingerprint density at radius 1 is 1.15 bits per heavy atom. The SMILES string of the molecule is CCC(C(=O)O)C(=O)NCc1cccc2ccccc12. The van der Waals surface area contributed by atoms with Crippen molar-refractivity contribution in [1.29, 1.82) is 0 Å². The molecule has 0 aliphatic rings. The molecule has 0 fully saturated rings. The van der Waals surface area contributed by atoms with Gasteiger partial charge in [0.05, 0.1) is 0 Å². The summed E-state index contributed by atoms with van der Waals surface area (Å²) >= 11 is 0. The maximum absolute atomic E-state index is 11.8. The van der Waals surface area contributed by atoms with Gasteiger partial charge in [0, 0.05) is 6.54 Å². The van der Waals surface area contributed by atoms with E-state index in [0.29, 0.717) is 6.54 Å². The van der Waals surface area contributed by atoms with Gasteiger partial charge in [0.2, 0.25) is 5.91 Å². The molecular weight excluding hydrogens is 254 g/mol. The van der Waals surface area contributed by atoms with Gasteiger partial charge >= 0.3 is 5.97 Å². The molecule has 0 saturated heterocycles. The second-order valence-electron chi connectivity index (χ2n) is 4.66. The number of carboxylic acid groups (broad SMARTS) is 1. The van der Waals surface area contributed by atoms with E-state index in [1.807, 2.05) is 42.5 Å². The van der Waals surface area contributed by atoms with Crippen molar-refractivity contribution >= 4 is 22.6 Å². The first kappa shape index (κ1) is 14.1. The maximum atomic E-state index is 11.8. The van der Waals surface area contributed by atoms with Crippen LogP contribution < -0.4 is 5.32 Å². The molecule has 0 saturated carbocycles. The molecule has 4 nitrogen and oxygen atoms in total. The van der Waals surface area contributed by atoms with E-state index in [1.54, 1.807) is 6.92 Å². The van der Waals surface area contributed by atoms with Gasteiger partial charge in [-0.1, -0.05) is 49.4 Å². The van der Waals surface area contributed by atoms with Crippen molar-refractivity contribution in [2.24, 2.45) is 5.92 Å². The zero-order valence-corrected chi connectivity index (χ0v) is 11.3. The molecule has 0 heterocycles. The van der Waals surface area contributed by atoms with Crippen molar-refractivity contribution in [1.82, 2.24) is 5.32 Å². The molecule has 0 aromatic heterocycles. The van der Waals surface area contributed by atoms with Gasteiger partial charge in [0.15, 0.2) is 0 Å². The highest BCUT2D eigenvalue weighted by Gasteiger charge is 2.23. The fourth-order valence-electron chi connectivity index (χ4n) is 2.22. The van der Waals surface area contributed by atoms with E-state index in [9.17, 15) is 9.59 Å². The lowest BCUT2D eigenvalue weighted by molar-refractivity contribution is -0.147. The Balaban J connectivity index is 2.13. The van der Waals surface area contributed by atoms with Crippen LogP contribution in [0.15, 0.2) is 42.5 Å². The van der Waals surface area contributed by atoms with E-state index >= 15 is 0 Å².